The molecule has 0 saturated carbocycles. The molecule has 1 spiro atoms. The molecule has 0 unspecified atom stereocenters. The number of rotatable bonds is 5. The first-order valence-electron chi connectivity index (χ1n) is 9.44. The Balaban J connectivity index is 1.30. The number of hydrogen-bond acceptors (Lipinski definition) is 6. The van der Waals surface area contributed by atoms with Crippen molar-refractivity contribution >= 4 is 11.9 Å². The van der Waals surface area contributed by atoms with Crippen LogP contribution in [0.4, 0.5) is 5.95 Å². The highest BCUT2D eigenvalue weighted by Crippen LogP contribution is 2.42. The van der Waals surface area contributed by atoms with Crippen molar-refractivity contribution in [2.75, 3.05) is 31.6 Å². The highest BCUT2D eigenvalue weighted by molar-refractivity contribution is 5.94. The minimum atomic E-state index is -0.191. The van der Waals surface area contributed by atoms with Crippen LogP contribution < -0.4 is 5.32 Å². The number of amides is 1. The number of pyridine rings is 1. The Hall–Kier alpha value is -2.54. The molecule has 7 nitrogen and oxygen atoms in total. The minimum Gasteiger partial charge on any atom is -0.371 e. The van der Waals surface area contributed by atoms with Crippen molar-refractivity contribution in [1.29, 1.82) is 0 Å². The summed E-state index contributed by atoms with van der Waals surface area (Å²) in [7, 11) is 0. The molecule has 1 atom stereocenters. The van der Waals surface area contributed by atoms with Crippen molar-refractivity contribution in [2.24, 2.45) is 5.92 Å². The maximum atomic E-state index is 12.6. The average Bonchev–Trinajstić information content (AvgIpc) is 3.06. The lowest BCUT2D eigenvalue weighted by atomic mass is 9.78. The van der Waals surface area contributed by atoms with E-state index in [9.17, 15) is 4.79 Å². The zero-order chi connectivity index (χ0) is 18.9. The Morgan fingerprint density at radius 2 is 2.00 bits per heavy atom. The molecule has 2 fully saturated rings. The van der Waals surface area contributed by atoms with Crippen molar-refractivity contribution in [3.63, 3.8) is 0 Å². The smallest absolute Gasteiger partial charge is 0.255 e. The summed E-state index contributed by atoms with van der Waals surface area (Å²) in [6.45, 7) is 6.77. The molecule has 2 aliphatic heterocycles. The quantitative estimate of drug-likeness (QED) is 0.873. The van der Waals surface area contributed by atoms with Gasteiger partial charge < -0.3 is 15.0 Å². The molecule has 7 heteroatoms. The second-order valence-corrected chi connectivity index (χ2v) is 7.55. The van der Waals surface area contributed by atoms with Crippen LogP contribution >= 0.6 is 0 Å². The summed E-state index contributed by atoms with van der Waals surface area (Å²) in [5, 5.41) is 3.28. The Morgan fingerprint density at radius 1 is 1.22 bits per heavy atom. The number of nitrogens with zero attached hydrogens (tertiary/aromatic N) is 4. The molecule has 2 saturated heterocycles. The summed E-state index contributed by atoms with van der Waals surface area (Å²) in [5.74, 6) is 1.13. The predicted octanol–water partition coefficient (Wildman–Crippen LogP) is 2.22. The minimum absolute atomic E-state index is 0.0357. The van der Waals surface area contributed by atoms with Gasteiger partial charge in [-0.15, -0.1) is 0 Å². The Labute approximate surface area is 159 Å². The van der Waals surface area contributed by atoms with E-state index in [1.807, 2.05) is 43.3 Å². The van der Waals surface area contributed by atoms with Crippen LogP contribution in [-0.4, -0.2) is 57.6 Å². The van der Waals surface area contributed by atoms with Gasteiger partial charge in [-0.25, -0.2) is 9.97 Å². The summed E-state index contributed by atoms with van der Waals surface area (Å²) < 4.78 is 6.07. The molecule has 1 N–H and O–H groups in total. The molecule has 142 valence electrons. The van der Waals surface area contributed by atoms with E-state index >= 15 is 0 Å². The van der Waals surface area contributed by atoms with Gasteiger partial charge in [-0.2, -0.15) is 0 Å². The Morgan fingerprint density at radius 3 is 2.70 bits per heavy atom. The highest BCUT2D eigenvalue weighted by atomic mass is 16.5. The maximum absolute atomic E-state index is 12.6. The molecule has 2 aliphatic rings. The summed E-state index contributed by atoms with van der Waals surface area (Å²) in [4.78, 5) is 27.2. The number of likely N-dealkylation sites (tertiary alicyclic amines) is 1. The zero-order valence-corrected chi connectivity index (χ0v) is 15.8. The fourth-order valence-electron chi connectivity index (χ4n) is 3.90. The van der Waals surface area contributed by atoms with Gasteiger partial charge in [0.1, 0.15) is 5.60 Å². The lowest BCUT2D eigenvalue weighted by Crippen LogP contribution is -2.66. The number of carbonyl (C=O) groups excluding carboxylic acids is 1. The number of anilines is 1. The van der Waals surface area contributed by atoms with Gasteiger partial charge in [0.05, 0.1) is 18.7 Å². The van der Waals surface area contributed by atoms with Crippen molar-refractivity contribution in [3.05, 3.63) is 47.5 Å². The van der Waals surface area contributed by atoms with Crippen LogP contribution in [0.2, 0.25) is 0 Å². The van der Waals surface area contributed by atoms with Crippen LogP contribution in [0.1, 0.15) is 34.5 Å². The molecule has 0 aromatic carbocycles. The van der Waals surface area contributed by atoms with Gasteiger partial charge in [0.25, 0.3) is 5.91 Å². The lowest BCUT2D eigenvalue weighted by Gasteiger charge is -2.50. The normalized spacial score (nSPS) is 20.5. The van der Waals surface area contributed by atoms with Gasteiger partial charge >= 0.3 is 0 Å². The zero-order valence-electron chi connectivity index (χ0n) is 15.8. The monoisotopic (exact) mass is 367 g/mol. The van der Waals surface area contributed by atoms with E-state index in [1.54, 1.807) is 6.20 Å². The average molecular weight is 367 g/mol. The largest absolute Gasteiger partial charge is 0.371 e. The van der Waals surface area contributed by atoms with Gasteiger partial charge in [-0.1, -0.05) is 0 Å². The molecule has 4 rings (SSSR count). The third-order valence-electron chi connectivity index (χ3n) is 5.52. The molecule has 4 heterocycles. The fraction of sp³-hybridized carbons (Fsp3) is 0.500. The second kappa shape index (κ2) is 7.23. The summed E-state index contributed by atoms with van der Waals surface area (Å²) in [6.07, 6.45) is 7.28. The number of nitrogens with one attached hydrogen (secondary N) is 1. The summed E-state index contributed by atoms with van der Waals surface area (Å²) in [5.41, 5.74) is 2.41. The highest BCUT2D eigenvalue weighted by Gasteiger charge is 2.54. The van der Waals surface area contributed by atoms with Gasteiger partial charge in [0.2, 0.25) is 5.95 Å². The Kier molecular flexibility index (Phi) is 4.78. The SMILES string of the molecule is Cc1cnc(NCC[C@H]2CCOC23CN(C(=O)c2ccc(C)nc2)C3)nc1. The number of aromatic nitrogens is 3. The predicted molar refractivity (Wildman–Crippen MR) is 102 cm³/mol. The molecular weight excluding hydrogens is 342 g/mol. The first-order chi connectivity index (χ1) is 13.1. The van der Waals surface area contributed by atoms with E-state index < -0.39 is 0 Å². The van der Waals surface area contributed by atoms with Crippen LogP contribution in [0.15, 0.2) is 30.7 Å². The van der Waals surface area contributed by atoms with Crippen LogP contribution in [-0.2, 0) is 4.74 Å². The van der Waals surface area contributed by atoms with Crippen molar-refractivity contribution in [2.45, 2.75) is 32.3 Å². The fourth-order valence-corrected chi connectivity index (χ4v) is 3.90. The van der Waals surface area contributed by atoms with E-state index in [0.29, 0.717) is 30.5 Å². The van der Waals surface area contributed by atoms with Crippen LogP contribution in [0, 0.1) is 19.8 Å². The number of carbonyl (C=O) groups is 1. The van der Waals surface area contributed by atoms with E-state index in [2.05, 4.69) is 20.3 Å². The number of aryl methyl sites for hydroxylation is 2. The van der Waals surface area contributed by atoms with E-state index in [0.717, 1.165) is 37.3 Å². The summed E-state index contributed by atoms with van der Waals surface area (Å²) >= 11 is 0. The molecule has 0 radical (unpaired) electrons. The van der Waals surface area contributed by atoms with Gasteiger partial charge in [0.15, 0.2) is 0 Å². The van der Waals surface area contributed by atoms with Gasteiger partial charge in [-0.05, 0) is 50.3 Å². The van der Waals surface area contributed by atoms with E-state index in [-0.39, 0.29) is 11.5 Å². The Bertz CT molecular complexity index is 800. The summed E-state index contributed by atoms with van der Waals surface area (Å²) in [6, 6.07) is 3.71. The third-order valence-corrected chi connectivity index (χ3v) is 5.52. The molecule has 2 aromatic rings. The molecule has 1 amide bonds. The lowest BCUT2D eigenvalue weighted by molar-refractivity contribution is -0.117. The van der Waals surface area contributed by atoms with Crippen molar-refractivity contribution < 1.29 is 9.53 Å². The first kappa shape index (κ1) is 17.9. The molecule has 0 aliphatic carbocycles. The van der Waals surface area contributed by atoms with Crippen molar-refractivity contribution in [1.82, 2.24) is 19.9 Å². The number of hydrogen-bond donors (Lipinski definition) is 1. The topological polar surface area (TPSA) is 80.2 Å². The molecular formula is C20H25N5O2. The molecule has 0 bridgehead atoms. The van der Waals surface area contributed by atoms with Crippen LogP contribution in [0.5, 0.6) is 0 Å². The van der Waals surface area contributed by atoms with E-state index in [1.165, 1.54) is 0 Å². The van der Waals surface area contributed by atoms with Gasteiger partial charge in [0, 0.05) is 37.4 Å². The second-order valence-electron chi connectivity index (χ2n) is 7.55. The maximum Gasteiger partial charge on any atom is 0.255 e. The third kappa shape index (κ3) is 3.64. The standard InChI is InChI=1S/C20H25N5O2/c1-14-9-23-19(24-10-14)21-7-5-17-6-8-27-20(17)12-25(13-20)18(26)16-4-3-15(2)22-11-16/h3-4,9-11,17H,5-8,12-13H2,1-2H3,(H,21,23,24)/t17-/m0/s1. The number of ether oxygens (including phenoxy) is 1. The molecule has 27 heavy (non-hydrogen) atoms. The van der Waals surface area contributed by atoms with Gasteiger partial charge in [-0.3, -0.25) is 9.78 Å². The van der Waals surface area contributed by atoms with E-state index in [4.69, 9.17) is 4.74 Å². The first-order valence-corrected chi connectivity index (χ1v) is 9.44. The van der Waals surface area contributed by atoms with Crippen molar-refractivity contribution in [3.8, 4) is 0 Å². The molecule has 2 aromatic heterocycles. The van der Waals surface area contributed by atoms with Crippen LogP contribution in [0.25, 0.3) is 0 Å². The van der Waals surface area contributed by atoms with Crippen LogP contribution in [0.3, 0.4) is 0 Å².